The third-order valence-electron chi connectivity index (χ3n) is 6.47. The number of nitrogens with zero attached hydrogens (tertiary/aromatic N) is 3. The second-order valence-electron chi connectivity index (χ2n) is 8.64. The number of rotatable bonds is 3. The number of thiophene rings is 1. The fraction of sp³-hybridized carbons (Fsp3) is 0. The topological polar surface area (TPSA) is 38.7 Å². The molecule has 5 aromatic carbocycles. The summed E-state index contributed by atoms with van der Waals surface area (Å²) < 4.78 is 2.44. The Labute approximate surface area is 216 Å². The molecule has 0 N–H and O–H groups in total. The van der Waals surface area contributed by atoms with Crippen LogP contribution in [-0.4, -0.2) is 15.0 Å². The minimum atomic E-state index is 0.183. The monoisotopic (exact) mass is 499 g/mol. The Morgan fingerprint density at radius 3 is 2.14 bits per heavy atom. The summed E-state index contributed by atoms with van der Waals surface area (Å²) in [5, 5.41) is 4.95. The molecular formula is C31H18ClN3S. The molecule has 0 saturated heterocycles. The summed E-state index contributed by atoms with van der Waals surface area (Å²) in [5.74, 6) is 1.14. The maximum Gasteiger partial charge on any atom is 0.226 e. The summed E-state index contributed by atoms with van der Waals surface area (Å²) in [7, 11) is 0. The van der Waals surface area contributed by atoms with E-state index in [1.807, 2.05) is 18.2 Å². The van der Waals surface area contributed by atoms with E-state index in [4.69, 9.17) is 16.6 Å². The maximum atomic E-state index is 6.47. The number of hydrogen-bond donors (Lipinski definition) is 0. The van der Waals surface area contributed by atoms with Gasteiger partial charge in [-0.15, -0.1) is 11.3 Å². The van der Waals surface area contributed by atoms with E-state index in [9.17, 15) is 0 Å². The van der Waals surface area contributed by atoms with Crippen LogP contribution in [0.3, 0.4) is 0 Å². The van der Waals surface area contributed by atoms with Gasteiger partial charge < -0.3 is 0 Å². The van der Waals surface area contributed by atoms with E-state index in [2.05, 4.69) is 101 Å². The van der Waals surface area contributed by atoms with E-state index in [0.29, 0.717) is 11.6 Å². The summed E-state index contributed by atoms with van der Waals surface area (Å²) in [6, 6.07) is 37.8. The van der Waals surface area contributed by atoms with E-state index in [-0.39, 0.29) is 5.28 Å². The zero-order valence-electron chi connectivity index (χ0n) is 19.0. The largest absolute Gasteiger partial charge is 0.226 e. The van der Waals surface area contributed by atoms with Crippen molar-refractivity contribution in [3.63, 3.8) is 0 Å². The number of halogens is 1. The van der Waals surface area contributed by atoms with Gasteiger partial charge in [-0.2, -0.15) is 9.97 Å². The van der Waals surface area contributed by atoms with Gasteiger partial charge in [-0.25, -0.2) is 4.98 Å². The minimum Gasteiger partial charge on any atom is -0.208 e. The Balaban J connectivity index is 1.39. The third-order valence-corrected chi connectivity index (χ3v) is 7.78. The third kappa shape index (κ3) is 3.54. The first-order chi connectivity index (χ1) is 17.7. The maximum absolute atomic E-state index is 6.47. The standard InChI is InChI=1S/C31H18ClN3S/c32-31-34-29(21-11-5-10-20(18-21)23-14-6-9-19-8-1-2-12-22(19)23)33-30(35-31)25-15-7-17-27-28(25)24-13-3-4-16-26(24)36-27/h1-18H. The Hall–Kier alpha value is -4.12. The Morgan fingerprint density at radius 2 is 1.19 bits per heavy atom. The van der Waals surface area contributed by atoms with Gasteiger partial charge in [0.25, 0.3) is 0 Å². The van der Waals surface area contributed by atoms with Crippen LogP contribution in [0.15, 0.2) is 109 Å². The number of hydrogen-bond acceptors (Lipinski definition) is 4. The molecule has 7 aromatic rings. The van der Waals surface area contributed by atoms with Gasteiger partial charge in [0.05, 0.1) is 0 Å². The van der Waals surface area contributed by atoms with Crippen LogP contribution in [0.1, 0.15) is 0 Å². The van der Waals surface area contributed by atoms with Crippen LogP contribution in [0.5, 0.6) is 0 Å². The lowest BCUT2D eigenvalue weighted by atomic mass is 9.97. The molecule has 36 heavy (non-hydrogen) atoms. The van der Waals surface area contributed by atoms with Gasteiger partial charge in [0.15, 0.2) is 11.6 Å². The minimum absolute atomic E-state index is 0.183. The van der Waals surface area contributed by atoms with Crippen molar-refractivity contribution in [2.75, 3.05) is 0 Å². The average molecular weight is 500 g/mol. The van der Waals surface area contributed by atoms with Crippen molar-refractivity contribution in [1.29, 1.82) is 0 Å². The molecule has 0 aliphatic rings. The summed E-state index contributed by atoms with van der Waals surface area (Å²) in [4.78, 5) is 13.9. The predicted molar refractivity (Wildman–Crippen MR) is 152 cm³/mol. The van der Waals surface area contributed by atoms with Crippen LogP contribution in [0, 0.1) is 0 Å². The molecule has 170 valence electrons. The number of fused-ring (bicyclic) bond motifs is 4. The van der Waals surface area contributed by atoms with Crippen molar-refractivity contribution in [2.45, 2.75) is 0 Å². The summed E-state index contributed by atoms with van der Waals surface area (Å²) >= 11 is 8.24. The fourth-order valence-corrected chi connectivity index (χ4v) is 6.16. The Morgan fingerprint density at radius 1 is 0.528 bits per heavy atom. The Bertz CT molecular complexity index is 1920. The van der Waals surface area contributed by atoms with Crippen molar-refractivity contribution in [3.8, 4) is 33.9 Å². The van der Waals surface area contributed by atoms with Crippen molar-refractivity contribution >= 4 is 53.9 Å². The van der Waals surface area contributed by atoms with Gasteiger partial charge in [-0.05, 0) is 51.7 Å². The van der Waals surface area contributed by atoms with Crippen LogP contribution in [0.2, 0.25) is 5.28 Å². The van der Waals surface area contributed by atoms with E-state index in [1.165, 1.54) is 31.1 Å². The molecular weight excluding hydrogens is 482 g/mol. The van der Waals surface area contributed by atoms with Crippen LogP contribution < -0.4 is 0 Å². The van der Waals surface area contributed by atoms with Gasteiger partial charge >= 0.3 is 0 Å². The van der Waals surface area contributed by atoms with Crippen LogP contribution in [0.4, 0.5) is 0 Å². The highest BCUT2D eigenvalue weighted by Crippen LogP contribution is 2.39. The zero-order valence-corrected chi connectivity index (χ0v) is 20.6. The molecule has 0 saturated carbocycles. The quantitative estimate of drug-likeness (QED) is 0.243. The summed E-state index contributed by atoms with van der Waals surface area (Å²) in [6.07, 6.45) is 0. The van der Waals surface area contributed by atoms with Gasteiger partial charge in [-0.1, -0.05) is 91.0 Å². The molecule has 0 unspecified atom stereocenters. The molecule has 0 aliphatic heterocycles. The zero-order chi connectivity index (χ0) is 24.1. The summed E-state index contributed by atoms with van der Waals surface area (Å²) in [5.41, 5.74) is 4.13. The molecule has 2 aromatic heterocycles. The second kappa shape index (κ2) is 8.52. The highest BCUT2D eigenvalue weighted by atomic mass is 35.5. The summed E-state index contributed by atoms with van der Waals surface area (Å²) in [6.45, 7) is 0. The van der Waals surface area contributed by atoms with Gasteiger partial charge in [0, 0.05) is 31.3 Å². The van der Waals surface area contributed by atoms with Crippen molar-refractivity contribution < 1.29 is 0 Å². The van der Waals surface area contributed by atoms with E-state index < -0.39 is 0 Å². The van der Waals surface area contributed by atoms with E-state index in [1.54, 1.807) is 11.3 Å². The highest BCUT2D eigenvalue weighted by molar-refractivity contribution is 7.25. The normalized spacial score (nSPS) is 11.5. The average Bonchev–Trinajstić information content (AvgIpc) is 3.31. The SMILES string of the molecule is Clc1nc(-c2cccc(-c3cccc4ccccc34)c2)nc(-c2cccc3sc4ccccc4c23)n1. The van der Waals surface area contributed by atoms with Gasteiger partial charge in [-0.3, -0.25) is 0 Å². The molecule has 0 radical (unpaired) electrons. The van der Waals surface area contributed by atoms with E-state index in [0.717, 1.165) is 22.1 Å². The molecule has 0 bridgehead atoms. The molecule has 3 nitrogen and oxygen atoms in total. The number of aromatic nitrogens is 3. The fourth-order valence-electron chi connectivity index (χ4n) is 4.86. The Kier molecular flexibility index (Phi) is 5.01. The van der Waals surface area contributed by atoms with Gasteiger partial charge in [0.1, 0.15) is 0 Å². The first kappa shape index (κ1) is 21.2. The van der Waals surface area contributed by atoms with Crippen LogP contribution in [-0.2, 0) is 0 Å². The first-order valence-corrected chi connectivity index (χ1v) is 12.8. The van der Waals surface area contributed by atoms with Gasteiger partial charge in [0.2, 0.25) is 5.28 Å². The lowest BCUT2D eigenvalue weighted by Crippen LogP contribution is -1.97. The van der Waals surface area contributed by atoms with Crippen LogP contribution in [0.25, 0.3) is 64.8 Å². The smallest absolute Gasteiger partial charge is 0.208 e. The molecule has 0 aliphatic carbocycles. The second-order valence-corrected chi connectivity index (χ2v) is 10.1. The molecule has 7 rings (SSSR count). The molecule has 5 heteroatoms. The van der Waals surface area contributed by atoms with Crippen LogP contribution >= 0.6 is 22.9 Å². The van der Waals surface area contributed by atoms with Crippen molar-refractivity contribution in [2.24, 2.45) is 0 Å². The van der Waals surface area contributed by atoms with Crippen molar-refractivity contribution in [3.05, 3.63) is 114 Å². The van der Waals surface area contributed by atoms with E-state index >= 15 is 0 Å². The lowest BCUT2D eigenvalue weighted by molar-refractivity contribution is 1.07. The highest BCUT2D eigenvalue weighted by Gasteiger charge is 2.16. The number of benzene rings is 5. The first-order valence-electron chi connectivity index (χ1n) is 11.7. The molecule has 0 amide bonds. The molecule has 0 fully saturated rings. The molecule has 2 heterocycles. The molecule has 0 spiro atoms. The van der Waals surface area contributed by atoms with Crippen molar-refractivity contribution in [1.82, 2.24) is 15.0 Å². The lowest BCUT2D eigenvalue weighted by Gasteiger charge is -2.10. The predicted octanol–water partition coefficient (Wildman–Crippen LogP) is 9.05. The molecule has 0 atom stereocenters.